The summed E-state index contributed by atoms with van der Waals surface area (Å²) in [7, 11) is 1.54. The fourth-order valence-corrected chi connectivity index (χ4v) is 2.65. The number of H-pyrrole nitrogens is 1. The zero-order chi connectivity index (χ0) is 17.6. The van der Waals surface area contributed by atoms with E-state index in [0.29, 0.717) is 11.5 Å². The molecule has 0 aliphatic heterocycles. The number of benzene rings is 2. The minimum Gasteiger partial charge on any atom is -0.493 e. The highest BCUT2D eigenvalue weighted by Crippen LogP contribution is 2.30. The summed E-state index contributed by atoms with van der Waals surface area (Å²) in [4.78, 5) is 15.0. The van der Waals surface area contributed by atoms with Crippen LogP contribution in [0.25, 0.3) is 10.9 Å². The maximum absolute atomic E-state index is 11.9. The second kappa shape index (κ2) is 7.85. The summed E-state index contributed by atoms with van der Waals surface area (Å²) in [6, 6.07) is 13.2. The van der Waals surface area contributed by atoms with Crippen molar-refractivity contribution < 1.29 is 14.3 Å². The minimum atomic E-state index is -0.360. The molecule has 0 saturated heterocycles. The van der Waals surface area contributed by atoms with Crippen molar-refractivity contribution in [2.75, 3.05) is 13.7 Å². The van der Waals surface area contributed by atoms with Gasteiger partial charge in [0.1, 0.15) is 0 Å². The molecule has 0 spiro atoms. The van der Waals surface area contributed by atoms with Crippen molar-refractivity contribution in [3.63, 3.8) is 0 Å². The molecule has 2 N–H and O–H groups in total. The van der Waals surface area contributed by atoms with Crippen LogP contribution < -0.4 is 14.9 Å². The number of ether oxygens (including phenoxy) is 2. The van der Waals surface area contributed by atoms with Gasteiger partial charge in [0.15, 0.2) is 18.1 Å². The normalized spacial score (nSPS) is 11.0. The number of hydrogen-bond donors (Lipinski definition) is 2. The molecule has 2 aromatic carbocycles. The Hall–Kier alpha value is -2.80. The molecule has 128 valence electrons. The molecule has 3 rings (SSSR count). The van der Waals surface area contributed by atoms with Gasteiger partial charge in [-0.25, -0.2) is 5.43 Å². The van der Waals surface area contributed by atoms with E-state index in [9.17, 15) is 4.79 Å². The van der Waals surface area contributed by atoms with Crippen LogP contribution in [-0.4, -0.2) is 30.8 Å². The van der Waals surface area contributed by atoms with Crippen molar-refractivity contribution in [1.82, 2.24) is 10.4 Å². The summed E-state index contributed by atoms with van der Waals surface area (Å²) in [6.07, 6.45) is 3.43. The van der Waals surface area contributed by atoms with Gasteiger partial charge in [-0.1, -0.05) is 34.1 Å². The average Bonchev–Trinajstić information content (AvgIpc) is 3.04. The lowest BCUT2D eigenvalue weighted by molar-refractivity contribution is -0.123. The number of halogens is 1. The van der Waals surface area contributed by atoms with Gasteiger partial charge < -0.3 is 14.5 Å². The molecule has 0 atom stereocenters. The van der Waals surface area contributed by atoms with E-state index in [1.807, 2.05) is 36.5 Å². The molecule has 0 aliphatic rings. The standard InChI is InChI=1S/C18H16BrN3O3/c1-24-17-8-13(19)6-7-16(17)25-11-18(23)22-21-10-12-9-20-15-5-3-2-4-14(12)15/h2-10,20H,11H2,1H3,(H,22,23)/b21-10-. The summed E-state index contributed by atoms with van der Waals surface area (Å²) >= 11 is 3.35. The number of para-hydroxylation sites is 1. The Morgan fingerprint density at radius 2 is 2.12 bits per heavy atom. The molecular formula is C18H16BrN3O3. The Labute approximate surface area is 153 Å². The second-order valence-corrected chi connectivity index (χ2v) is 6.08. The first-order valence-corrected chi connectivity index (χ1v) is 8.31. The number of carbonyl (C=O) groups excluding carboxylic acids is 1. The number of aromatic nitrogens is 1. The lowest BCUT2D eigenvalue weighted by Gasteiger charge is -2.09. The summed E-state index contributed by atoms with van der Waals surface area (Å²) in [5, 5.41) is 5.01. The van der Waals surface area contributed by atoms with Crippen molar-refractivity contribution in [2.24, 2.45) is 5.10 Å². The molecule has 0 bridgehead atoms. The molecular weight excluding hydrogens is 386 g/mol. The van der Waals surface area contributed by atoms with Gasteiger partial charge in [-0.15, -0.1) is 0 Å². The topological polar surface area (TPSA) is 75.7 Å². The maximum atomic E-state index is 11.9. The predicted molar refractivity (Wildman–Crippen MR) is 100 cm³/mol. The lowest BCUT2D eigenvalue weighted by atomic mass is 10.2. The molecule has 6 nitrogen and oxygen atoms in total. The number of rotatable bonds is 6. The first-order valence-electron chi connectivity index (χ1n) is 7.52. The van der Waals surface area contributed by atoms with E-state index in [2.05, 4.69) is 31.4 Å². The van der Waals surface area contributed by atoms with Crippen molar-refractivity contribution >= 4 is 39.0 Å². The Balaban J connectivity index is 1.56. The molecule has 1 aromatic heterocycles. The first-order chi connectivity index (χ1) is 12.2. The Morgan fingerprint density at radius 1 is 1.28 bits per heavy atom. The van der Waals surface area contributed by atoms with Crippen LogP contribution in [-0.2, 0) is 4.79 Å². The van der Waals surface area contributed by atoms with Crippen LogP contribution in [0.2, 0.25) is 0 Å². The van der Waals surface area contributed by atoms with E-state index < -0.39 is 0 Å². The van der Waals surface area contributed by atoms with Crippen LogP contribution in [0.3, 0.4) is 0 Å². The van der Waals surface area contributed by atoms with Gasteiger partial charge >= 0.3 is 0 Å². The smallest absolute Gasteiger partial charge is 0.277 e. The largest absolute Gasteiger partial charge is 0.493 e. The van der Waals surface area contributed by atoms with Crippen LogP contribution in [0, 0.1) is 0 Å². The molecule has 3 aromatic rings. The number of fused-ring (bicyclic) bond motifs is 1. The third-order valence-electron chi connectivity index (χ3n) is 3.50. The Kier molecular flexibility index (Phi) is 5.35. The minimum absolute atomic E-state index is 0.163. The SMILES string of the molecule is COc1cc(Br)ccc1OCC(=O)N/N=C\c1c[nH]c2ccccc12. The summed E-state index contributed by atoms with van der Waals surface area (Å²) < 4.78 is 11.5. The summed E-state index contributed by atoms with van der Waals surface area (Å²) in [6.45, 7) is -0.163. The molecule has 0 aliphatic carbocycles. The quantitative estimate of drug-likeness (QED) is 0.490. The molecule has 1 heterocycles. The third-order valence-corrected chi connectivity index (χ3v) is 3.99. The lowest BCUT2D eigenvalue weighted by Crippen LogP contribution is -2.24. The van der Waals surface area contributed by atoms with Crippen molar-refractivity contribution in [3.05, 3.63) is 58.7 Å². The number of nitrogens with one attached hydrogen (secondary N) is 2. The number of carbonyl (C=O) groups is 1. The molecule has 25 heavy (non-hydrogen) atoms. The molecule has 0 saturated carbocycles. The van der Waals surface area contributed by atoms with Gasteiger partial charge in [-0.2, -0.15) is 5.10 Å². The maximum Gasteiger partial charge on any atom is 0.277 e. The van der Waals surface area contributed by atoms with Crippen LogP contribution in [0.4, 0.5) is 0 Å². The van der Waals surface area contributed by atoms with Crippen LogP contribution >= 0.6 is 15.9 Å². The molecule has 0 unspecified atom stereocenters. The van der Waals surface area contributed by atoms with E-state index in [4.69, 9.17) is 9.47 Å². The summed E-state index contributed by atoms with van der Waals surface area (Å²) in [5.41, 5.74) is 4.36. The third kappa shape index (κ3) is 4.19. The zero-order valence-corrected chi connectivity index (χ0v) is 15.0. The highest BCUT2D eigenvalue weighted by Gasteiger charge is 2.07. The fraction of sp³-hybridized carbons (Fsp3) is 0.111. The van der Waals surface area contributed by atoms with Crippen molar-refractivity contribution in [3.8, 4) is 11.5 Å². The van der Waals surface area contributed by atoms with E-state index in [-0.39, 0.29) is 12.5 Å². The van der Waals surface area contributed by atoms with Crippen LogP contribution in [0.1, 0.15) is 5.56 Å². The van der Waals surface area contributed by atoms with Gasteiger partial charge in [0, 0.05) is 27.1 Å². The Morgan fingerprint density at radius 3 is 2.96 bits per heavy atom. The van der Waals surface area contributed by atoms with E-state index in [0.717, 1.165) is 20.9 Å². The predicted octanol–water partition coefficient (Wildman–Crippen LogP) is 3.47. The van der Waals surface area contributed by atoms with Gasteiger partial charge in [-0.3, -0.25) is 4.79 Å². The van der Waals surface area contributed by atoms with Crippen molar-refractivity contribution in [2.45, 2.75) is 0 Å². The number of methoxy groups -OCH3 is 1. The average molecular weight is 402 g/mol. The van der Waals surface area contributed by atoms with E-state index in [1.165, 1.54) is 0 Å². The molecule has 7 heteroatoms. The second-order valence-electron chi connectivity index (χ2n) is 5.17. The van der Waals surface area contributed by atoms with Crippen LogP contribution in [0.5, 0.6) is 11.5 Å². The van der Waals surface area contributed by atoms with E-state index in [1.54, 1.807) is 25.5 Å². The number of hydrogen-bond acceptors (Lipinski definition) is 4. The van der Waals surface area contributed by atoms with Gasteiger partial charge in [0.05, 0.1) is 13.3 Å². The Bertz CT molecular complexity index is 921. The van der Waals surface area contributed by atoms with Gasteiger partial charge in [0.2, 0.25) is 0 Å². The van der Waals surface area contributed by atoms with Crippen LogP contribution in [0.15, 0.2) is 58.2 Å². The highest BCUT2D eigenvalue weighted by molar-refractivity contribution is 9.10. The molecule has 0 radical (unpaired) electrons. The van der Waals surface area contributed by atoms with Gasteiger partial charge in [-0.05, 0) is 24.3 Å². The zero-order valence-electron chi connectivity index (χ0n) is 13.5. The van der Waals surface area contributed by atoms with E-state index >= 15 is 0 Å². The summed E-state index contributed by atoms with van der Waals surface area (Å²) in [5.74, 6) is 0.673. The number of hydrazone groups is 1. The fourth-order valence-electron chi connectivity index (χ4n) is 2.31. The number of nitrogens with zero attached hydrogens (tertiary/aromatic N) is 1. The number of amides is 1. The molecule has 0 fully saturated rings. The van der Waals surface area contributed by atoms with Gasteiger partial charge in [0.25, 0.3) is 5.91 Å². The molecule has 1 amide bonds. The van der Waals surface area contributed by atoms with Crippen molar-refractivity contribution in [1.29, 1.82) is 0 Å². The monoisotopic (exact) mass is 401 g/mol. The highest BCUT2D eigenvalue weighted by atomic mass is 79.9. The number of aromatic amines is 1. The first kappa shape index (κ1) is 17.0.